The second-order valence-corrected chi connectivity index (χ2v) is 6.86. The molecule has 1 aromatic rings. The zero-order valence-corrected chi connectivity index (χ0v) is 14.1. The molecule has 0 spiro atoms. The van der Waals surface area contributed by atoms with Gasteiger partial charge in [0.1, 0.15) is 5.54 Å². The van der Waals surface area contributed by atoms with Crippen LogP contribution in [0.15, 0.2) is 15.9 Å². The summed E-state index contributed by atoms with van der Waals surface area (Å²) < 4.78 is 1.03. The van der Waals surface area contributed by atoms with E-state index in [9.17, 15) is 9.59 Å². The lowest BCUT2D eigenvalue weighted by atomic mass is 9.91. The number of nitrogens with one attached hydrogen (secondary N) is 1. The minimum atomic E-state index is -0.739. The van der Waals surface area contributed by atoms with E-state index in [0.29, 0.717) is 32.4 Å². The third kappa shape index (κ3) is 2.91. The largest absolute Gasteiger partial charge is 0.342 e. The Morgan fingerprint density at radius 3 is 2.65 bits per heavy atom. The van der Waals surface area contributed by atoms with Crippen molar-refractivity contribution in [2.75, 3.05) is 6.54 Å². The molecule has 110 valence electrons. The summed E-state index contributed by atoms with van der Waals surface area (Å²) in [6.07, 6.45) is 1.61. The maximum atomic E-state index is 12.8. The van der Waals surface area contributed by atoms with Crippen LogP contribution in [0.4, 0.5) is 0 Å². The van der Waals surface area contributed by atoms with Crippen molar-refractivity contribution in [2.24, 2.45) is 0 Å². The monoisotopic (exact) mass is 358 g/mol. The summed E-state index contributed by atoms with van der Waals surface area (Å²) in [5.41, 5.74) is -0.739. The van der Waals surface area contributed by atoms with E-state index in [1.165, 1.54) is 0 Å². The normalized spacial score (nSPS) is 18.9. The second-order valence-electron chi connectivity index (χ2n) is 5.01. The Kier molecular flexibility index (Phi) is 4.86. The summed E-state index contributed by atoms with van der Waals surface area (Å²) in [6, 6.07) is 1.98. The van der Waals surface area contributed by atoms with Gasteiger partial charge < -0.3 is 10.2 Å². The SMILES string of the molecule is CCC1(CC)NC(=O)CCN(Cc2sccc2Br)C1=O. The van der Waals surface area contributed by atoms with Gasteiger partial charge in [-0.3, -0.25) is 9.59 Å². The smallest absolute Gasteiger partial charge is 0.248 e. The number of hydrogen-bond donors (Lipinski definition) is 1. The van der Waals surface area contributed by atoms with Crippen LogP contribution in [0.3, 0.4) is 0 Å². The minimum Gasteiger partial charge on any atom is -0.342 e. The first-order chi connectivity index (χ1) is 9.52. The van der Waals surface area contributed by atoms with E-state index in [4.69, 9.17) is 0 Å². The number of nitrogens with zero attached hydrogens (tertiary/aromatic N) is 1. The molecule has 2 rings (SSSR count). The fourth-order valence-electron chi connectivity index (χ4n) is 2.51. The lowest BCUT2D eigenvalue weighted by molar-refractivity contribution is -0.139. The molecule has 1 aliphatic rings. The molecule has 1 fully saturated rings. The molecule has 0 unspecified atom stereocenters. The predicted molar refractivity (Wildman–Crippen MR) is 83.5 cm³/mol. The van der Waals surface area contributed by atoms with E-state index in [2.05, 4.69) is 21.2 Å². The van der Waals surface area contributed by atoms with Crippen molar-refractivity contribution >= 4 is 39.1 Å². The highest BCUT2D eigenvalue weighted by molar-refractivity contribution is 9.10. The summed E-state index contributed by atoms with van der Waals surface area (Å²) in [7, 11) is 0. The fraction of sp³-hybridized carbons (Fsp3) is 0.571. The topological polar surface area (TPSA) is 49.4 Å². The van der Waals surface area contributed by atoms with Gasteiger partial charge in [0, 0.05) is 22.3 Å². The van der Waals surface area contributed by atoms with Crippen LogP contribution in [-0.2, 0) is 16.1 Å². The summed E-state index contributed by atoms with van der Waals surface area (Å²) >= 11 is 5.12. The molecule has 20 heavy (non-hydrogen) atoms. The molecule has 1 N–H and O–H groups in total. The van der Waals surface area contributed by atoms with Crippen molar-refractivity contribution < 1.29 is 9.59 Å². The number of rotatable bonds is 4. The molecule has 1 aliphatic heterocycles. The van der Waals surface area contributed by atoms with E-state index >= 15 is 0 Å². The number of amides is 2. The van der Waals surface area contributed by atoms with Crippen LogP contribution in [-0.4, -0.2) is 28.8 Å². The molecule has 4 nitrogen and oxygen atoms in total. The zero-order valence-electron chi connectivity index (χ0n) is 11.7. The van der Waals surface area contributed by atoms with E-state index in [-0.39, 0.29) is 11.8 Å². The summed E-state index contributed by atoms with van der Waals surface area (Å²) in [6.45, 7) is 4.95. The molecule has 1 saturated heterocycles. The van der Waals surface area contributed by atoms with Gasteiger partial charge in [0.2, 0.25) is 11.8 Å². The summed E-state index contributed by atoms with van der Waals surface area (Å²) in [5.74, 6) is 0.00319. The number of hydrogen-bond acceptors (Lipinski definition) is 3. The van der Waals surface area contributed by atoms with E-state index < -0.39 is 5.54 Å². The van der Waals surface area contributed by atoms with Crippen LogP contribution in [0.25, 0.3) is 0 Å². The molecule has 0 bridgehead atoms. The van der Waals surface area contributed by atoms with Crippen molar-refractivity contribution in [2.45, 2.75) is 45.2 Å². The van der Waals surface area contributed by atoms with Gasteiger partial charge >= 0.3 is 0 Å². The van der Waals surface area contributed by atoms with Crippen molar-refractivity contribution in [3.05, 3.63) is 20.8 Å². The van der Waals surface area contributed by atoms with Gasteiger partial charge in [-0.15, -0.1) is 11.3 Å². The highest BCUT2D eigenvalue weighted by Crippen LogP contribution is 2.28. The van der Waals surface area contributed by atoms with Crippen LogP contribution >= 0.6 is 27.3 Å². The first-order valence-electron chi connectivity index (χ1n) is 6.84. The molecule has 0 atom stereocenters. The quantitative estimate of drug-likeness (QED) is 0.899. The molecule has 0 radical (unpaired) electrons. The van der Waals surface area contributed by atoms with Gasteiger partial charge in [0.05, 0.1) is 6.54 Å². The Morgan fingerprint density at radius 1 is 1.40 bits per heavy atom. The maximum absolute atomic E-state index is 12.8. The number of carbonyl (C=O) groups is 2. The molecule has 2 heterocycles. The summed E-state index contributed by atoms with van der Waals surface area (Å²) in [5, 5.41) is 4.93. The van der Waals surface area contributed by atoms with Gasteiger partial charge in [0.15, 0.2) is 0 Å². The molecular formula is C14H19BrN2O2S. The standard InChI is InChI=1S/C14H19BrN2O2S/c1-3-14(4-2)13(19)17(7-5-12(18)16-14)9-11-10(15)6-8-20-11/h6,8H,3-5,7,9H2,1-2H3,(H,16,18). The van der Waals surface area contributed by atoms with Gasteiger partial charge in [-0.05, 0) is 40.2 Å². The predicted octanol–water partition coefficient (Wildman–Crippen LogP) is 2.92. The van der Waals surface area contributed by atoms with Gasteiger partial charge in [-0.1, -0.05) is 13.8 Å². The summed E-state index contributed by atoms with van der Waals surface area (Å²) in [4.78, 5) is 27.6. The molecule has 0 aliphatic carbocycles. The van der Waals surface area contributed by atoms with Crippen molar-refractivity contribution in [1.82, 2.24) is 10.2 Å². The molecule has 0 saturated carbocycles. The van der Waals surface area contributed by atoms with Crippen molar-refractivity contribution in [1.29, 1.82) is 0 Å². The van der Waals surface area contributed by atoms with Crippen molar-refractivity contribution in [3.8, 4) is 0 Å². The first kappa shape index (κ1) is 15.5. The lowest BCUT2D eigenvalue weighted by Gasteiger charge is -2.33. The molecular weight excluding hydrogens is 340 g/mol. The average Bonchev–Trinajstić information content (AvgIpc) is 2.80. The van der Waals surface area contributed by atoms with Crippen LogP contribution in [0, 0.1) is 0 Å². The Balaban J connectivity index is 2.26. The van der Waals surface area contributed by atoms with Crippen LogP contribution in [0.5, 0.6) is 0 Å². The van der Waals surface area contributed by atoms with Gasteiger partial charge in [-0.2, -0.15) is 0 Å². The van der Waals surface area contributed by atoms with Crippen molar-refractivity contribution in [3.63, 3.8) is 0 Å². The third-order valence-corrected chi connectivity index (χ3v) is 5.83. The third-order valence-electron chi connectivity index (χ3n) is 3.92. The maximum Gasteiger partial charge on any atom is 0.248 e. The Labute approximate surface area is 131 Å². The number of halogens is 1. The van der Waals surface area contributed by atoms with Crippen LogP contribution in [0.1, 0.15) is 38.0 Å². The Morgan fingerprint density at radius 2 is 2.10 bits per heavy atom. The highest BCUT2D eigenvalue weighted by Gasteiger charge is 2.41. The molecule has 6 heteroatoms. The van der Waals surface area contributed by atoms with E-state index in [1.54, 1.807) is 11.3 Å². The Bertz CT molecular complexity index is 511. The van der Waals surface area contributed by atoms with Crippen LogP contribution in [0.2, 0.25) is 0 Å². The fourth-order valence-corrected chi connectivity index (χ4v) is 4.01. The molecule has 2 amide bonds. The molecule has 1 aromatic heterocycles. The number of thiophene rings is 1. The Hall–Kier alpha value is -0.880. The average molecular weight is 359 g/mol. The zero-order chi connectivity index (χ0) is 14.8. The highest BCUT2D eigenvalue weighted by atomic mass is 79.9. The van der Waals surface area contributed by atoms with Crippen LogP contribution < -0.4 is 5.32 Å². The second kappa shape index (κ2) is 6.26. The van der Waals surface area contributed by atoms with E-state index in [1.807, 2.05) is 30.2 Å². The van der Waals surface area contributed by atoms with Gasteiger partial charge in [-0.25, -0.2) is 0 Å². The van der Waals surface area contributed by atoms with E-state index in [0.717, 1.165) is 9.35 Å². The molecule has 0 aromatic carbocycles. The number of carbonyl (C=O) groups excluding carboxylic acids is 2. The lowest BCUT2D eigenvalue weighted by Crippen LogP contribution is -2.56. The first-order valence-corrected chi connectivity index (χ1v) is 8.52. The van der Waals surface area contributed by atoms with Gasteiger partial charge in [0.25, 0.3) is 0 Å². The minimum absolute atomic E-state index is 0.0326.